The Bertz CT molecular complexity index is 1050. The average molecular weight is 506 g/mol. The molecule has 0 atom stereocenters. The van der Waals surface area contributed by atoms with E-state index in [0.29, 0.717) is 50.0 Å². The van der Waals surface area contributed by atoms with Crippen molar-refractivity contribution in [3.8, 4) is 11.5 Å². The van der Waals surface area contributed by atoms with Gasteiger partial charge in [0.15, 0.2) is 11.5 Å². The first kappa shape index (κ1) is 28.2. The lowest BCUT2D eigenvalue weighted by molar-refractivity contribution is -0.139. The number of benzene rings is 2. The quantitative estimate of drug-likeness (QED) is 0.204. The maximum atomic E-state index is 11.9. The van der Waals surface area contributed by atoms with Gasteiger partial charge in [0.05, 0.1) is 26.1 Å². The summed E-state index contributed by atoms with van der Waals surface area (Å²) >= 11 is 0. The molecule has 0 saturated carbocycles. The smallest absolute Gasteiger partial charge is 0.330 e. The van der Waals surface area contributed by atoms with Gasteiger partial charge in [-0.2, -0.15) is 0 Å². The van der Waals surface area contributed by atoms with Crippen molar-refractivity contribution >= 4 is 27.8 Å². The first-order valence-electron chi connectivity index (χ1n) is 11.7. The molecule has 2 aromatic carbocycles. The summed E-state index contributed by atoms with van der Waals surface area (Å²) in [7, 11) is -3.30. The number of anilines is 1. The van der Waals surface area contributed by atoms with Gasteiger partial charge in [0, 0.05) is 24.8 Å². The molecule has 0 spiro atoms. The number of hydrogen-bond donors (Lipinski definition) is 1. The van der Waals surface area contributed by atoms with Crippen molar-refractivity contribution in [2.24, 2.45) is 0 Å². The molecule has 2 aromatic rings. The molecule has 0 aliphatic rings. The molecule has 0 saturated heterocycles. The molecule has 9 heteroatoms. The molecule has 192 valence electrons. The minimum absolute atomic E-state index is 0.214. The second-order valence-electron chi connectivity index (χ2n) is 7.78. The molecule has 8 nitrogen and oxygen atoms in total. The topological polar surface area (TPSA) is 100 Å². The maximum Gasteiger partial charge on any atom is 0.330 e. The van der Waals surface area contributed by atoms with E-state index in [1.807, 2.05) is 37.3 Å². The van der Waals surface area contributed by atoms with E-state index < -0.39 is 16.0 Å². The number of nitrogens with one attached hydrogen (secondary N) is 1. The number of ether oxygens (including phenoxy) is 4. The molecule has 0 bridgehead atoms. The number of carbonyl (C=O) groups is 1. The van der Waals surface area contributed by atoms with E-state index in [1.54, 1.807) is 18.2 Å². The normalized spacial score (nSPS) is 11.4. The molecule has 0 radical (unpaired) electrons. The molecule has 35 heavy (non-hydrogen) atoms. The Morgan fingerprint density at radius 2 is 1.69 bits per heavy atom. The van der Waals surface area contributed by atoms with Crippen LogP contribution in [0.3, 0.4) is 0 Å². The van der Waals surface area contributed by atoms with Gasteiger partial charge < -0.3 is 18.9 Å². The zero-order valence-electron chi connectivity index (χ0n) is 20.6. The van der Waals surface area contributed by atoms with Gasteiger partial charge in [-0.25, -0.2) is 13.2 Å². The van der Waals surface area contributed by atoms with E-state index in [-0.39, 0.29) is 6.61 Å². The Labute approximate surface area is 208 Å². The molecule has 0 heterocycles. The fourth-order valence-electron chi connectivity index (χ4n) is 2.98. The number of esters is 1. The van der Waals surface area contributed by atoms with Gasteiger partial charge >= 0.3 is 5.97 Å². The van der Waals surface area contributed by atoms with E-state index >= 15 is 0 Å². The van der Waals surface area contributed by atoms with E-state index in [9.17, 15) is 13.2 Å². The van der Waals surface area contributed by atoms with Crippen molar-refractivity contribution in [3.05, 3.63) is 59.7 Å². The SMILES string of the molecule is CCCCOc1cc(C=CC(=O)OCCOCC)ccc1OCCc1ccc(NS(C)(=O)=O)cc1. The Morgan fingerprint density at radius 1 is 0.943 bits per heavy atom. The minimum Gasteiger partial charge on any atom is -0.490 e. The van der Waals surface area contributed by atoms with E-state index in [0.717, 1.165) is 30.2 Å². The van der Waals surface area contributed by atoms with Gasteiger partial charge in [0.25, 0.3) is 0 Å². The predicted molar refractivity (Wildman–Crippen MR) is 137 cm³/mol. The first-order valence-corrected chi connectivity index (χ1v) is 13.6. The van der Waals surface area contributed by atoms with Crippen LogP contribution in [0.1, 0.15) is 37.8 Å². The van der Waals surface area contributed by atoms with Crippen LogP contribution in [0.25, 0.3) is 6.08 Å². The van der Waals surface area contributed by atoms with Crippen LogP contribution in [0.4, 0.5) is 5.69 Å². The highest BCUT2D eigenvalue weighted by atomic mass is 32.2. The Kier molecular flexibility index (Phi) is 12.1. The lowest BCUT2D eigenvalue weighted by atomic mass is 10.1. The lowest BCUT2D eigenvalue weighted by Crippen LogP contribution is -2.09. The molecule has 0 aliphatic carbocycles. The monoisotopic (exact) mass is 505 g/mol. The van der Waals surface area contributed by atoms with Crippen LogP contribution in [0.2, 0.25) is 0 Å². The number of hydrogen-bond acceptors (Lipinski definition) is 7. The summed E-state index contributed by atoms with van der Waals surface area (Å²) in [6, 6.07) is 12.7. The third-order valence-electron chi connectivity index (χ3n) is 4.72. The molecule has 1 N–H and O–H groups in total. The second kappa shape index (κ2) is 15.1. The third-order valence-corrected chi connectivity index (χ3v) is 5.32. The first-order chi connectivity index (χ1) is 16.8. The highest BCUT2D eigenvalue weighted by Gasteiger charge is 2.08. The number of rotatable bonds is 16. The van der Waals surface area contributed by atoms with Crippen LogP contribution >= 0.6 is 0 Å². The van der Waals surface area contributed by atoms with Gasteiger partial charge in [-0.3, -0.25) is 4.72 Å². The van der Waals surface area contributed by atoms with Gasteiger partial charge in [0.2, 0.25) is 10.0 Å². The fraction of sp³-hybridized carbons (Fsp3) is 0.423. The zero-order chi connectivity index (χ0) is 25.5. The second-order valence-corrected chi connectivity index (χ2v) is 9.52. The van der Waals surface area contributed by atoms with Crippen LogP contribution in [-0.4, -0.2) is 53.7 Å². The standard InChI is InChI=1S/C26H35NO7S/c1-4-6-16-32-25-20-22(10-14-26(28)34-19-18-31-5-2)9-13-24(25)33-17-15-21-7-11-23(12-8-21)27-35(3,29)30/h7-14,20,27H,4-6,15-19H2,1-3H3. The molecule has 0 fully saturated rings. The van der Waals surface area contributed by atoms with Crippen molar-refractivity contribution in [2.75, 3.05) is 44.0 Å². The highest BCUT2D eigenvalue weighted by Crippen LogP contribution is 2.29. The summed E-state index contributed by atoms with van der Waals surface area (Å²) in [5.74, 6) is 0.794. The van der Waals surface area contributed by atoms with Crippen molar-refractivity contribution < 1.29 is 32.2 Å². The minimum atomic E-state index is -3.30. The van der Waals surface area contributed by atoms with Crippen LogP contribution in [0.15, 0.2) is 48.5 Å². The molecule has 2 rings (SSSR count). The molecule has 0 aliphatic heterocycles. The van der Waals surface area contributed by atoms with Crippen molar-refractivity contribution in [1.29, 1.82) is 0 Å². The predicted octanol–water partition coefficient (Wildman–Crippen LogP) is 4.45. The average Bonchev–Trinajstić information content (AvgIpc) is 2.82. The fourth-order valence-corrected chi connectivity index (χ4v) is 3.54. The summed E-state index contributed by atoms with van der Waals surface area (Å²) in [4.78, 5) is 11.9. The largest absolute Gasteiger partial charge is 0.490 e. The van der Waals surface area contributed by atoms with Crippen molar-refractivity contribution in [2.45, 2.75) is 33.1 Å². The summed E-state index contributed by atoms with van der Waals surface area (Å²) in [5, 5.41) is 0. The zero-order valence-corrected chi connectivity index (χ0v) is 21.4. The third kappa shape index (κ3) is 11.8. The number of unbranched alkanes of at least 4 members (excludes halogenated alkanes) is 1. The lowest BCUT2D eigenvalue weighted by Gasteiger charge is -2.14. The van der Waals surface area contributed by atoms with Crippen LogP contribution in [0.5, 0.6) is 11.5 Å². The maximum absolute atomic E-state index is 11.9. The molecular formula is C26H35NO7S. The highest BCUT2D eigenvalue weighted by molar-refractivity contribution is 7.92. The van der Waals surface area contributed by atoms with Crippen LogP contribution < -0.4 is 14.2 Å². The molecule has 0 unspecified atom stereocenters. The summed E-state index contributed by atoms with van der Waals surface area (Å²) in [6.07, 6.45) is 6.73. The van der Waals surface area contributed by atoms with E-state index in [1.165, 1.54) is 6.08 Å². The van der Waals surface area contributed by atoms with E-state index in [2.05, 4.69) is 11.6 Å². The van der Waals surface area contributed by atoms with Crippen LogP contribution in [-0.2, 0) is 30.7 Å². The molecule has 0 amide bonds. The van der Waals surface area contributed by atoms with Crippen molar-refractivity contribution in [1.82, 2.24) is 0 Å². The Balaban J connectivity index is 1.97. The number of carbonyl (C=O) groups excluding carboxylic acids is 1. The van der Waals surface area contributed by atoms with Gasteiger partial charge in [0.1, 0.15) is 6.61 Å². The summed E-state index contributed by atoms with van der Waals surface area (Å²) in [6.45, 7) is 6.13. The summed E-state index contributed by atoms with van der Waals surface area (Å²) in [5.41, 5.74) is 2.32. The van der Waals surface area contributed by atoms with Crippen LogP contribution in [0, 0.1) is 0 Å². The van der Waals surface area contributed by atoms with Gasteiger partial charge in [-0.1, -0.05) is 31.5 Å². The number of sulfonamides is 1. The molecular weight excluding hydrogens is 470 g/mol. The molecule has 0 aromatic heterocycles. The van der Waals surface area contributed by atoms with E-state index in [4.69, 9.17) is 18.9 Å². The Morgan fingerprint density at radius 3 is 2.37 bits per heavy atom. The van der Waals surface area contributed by atoms with Crippen molar-refractivity contribution in [3.63, 3.8) is 0 Å². The summed E-state index contributed by atoms with van der Waals surface area (Å²) < 4.78 is 47.2. The van der Waals surface area contributed by atoms with Gasteiger partial charge in [-0.05, 0) is 54.8 Å². The van der Waals surface area contributed by atoms with Gasteiger partial charge in [-0.15, -0.1) is 0 Å². The Hall–Kier alpha value is -3.04.